The van der Waals surface area contributed by atoms with Crippen molar-refractivity contribution < 1.29 is 14.6 Å². The highest BCUT2D eigenvalue weighted by atomic mass is 32.1. The Balaban J connectivity index is 1.86. The molecule has 21 heavy (non-hydrogen) atoms. The largest absolute Gasteiger partial charge is 0.477 e. The summed E-state index contributed by atoms with van der Waals surface area (Å²) in [5, 5.41) is 13.4. The molecular formula is C14H17N3O3S. The summed E-state index contributed by atoms with van der Waals surface area (Å²) in [6, 6.07) is 0. The van der Waals surface area contributed by atoms with Crippen LogP contribution in [0.25, 0.3) is 10.2 Å². The average molecular weight is 307 g/mol. The van der Waals surface area contributed by atoms with Crippen LogP contribution in [0, 0.1) is 12.8 Å². The normalized spacial score (nSPS) is 18.8. The van der Waals surface area contributed by atoms with Crippen LogP contribution in [0.5, 0.6) is 0 Å². The van der Waals surface area contributed by atoms with Crippen LogP contribution >= 0.6 is 11.3 Å². The standard InChI is InChI=1S/C14H17N3O3S/c1-8-10-12(15-5-9-3-2-4-20-6-9)16-7-17-13(10)21-11(8)14(18)19/h7,9H,2-6H2,1H3,(H,18,19)(H,15,16,17). The molecular weight excluding hydrogens is 290 g/mol. The van der Waals surface area contributed by atoms with E-state index in [9.17, 15) is 9.90 Å². The number of thiophene rings is 1. The van der Waals surface area contributed by atoms with Crippen molar-refractivity contribution >= 4 is 33.3 Å². The lowest BCUT2D eigenvalue weighted by molar-refractivity contribution is 0.0595. The van der Waals surface area contributed by atoms with Crippen LogP contribution in [0.4, 0.5) is 5.82 Å². The number of nitrogens with zero attached hydrogens (tertiary/aromatic N) is 2. The second-order valence-electron chi connectivity index (χ2n) is 5.23. The molecule has 0 aromatic carbocycles. The number of fused-ring (bicyclic) bond motifs is 1. The van der Waals surface area contributed by atoms with E-state index in [-0.39, 0.29) is 0 Å². The van der Waals surface area contributed by atoms with Gasteiger partial charge in [0.1, 0.15) is 21.9 Å². The van der Waals surface area contributed by atoms with Crippen LogP contribution in [0.3, 0.4) is 0 Å². The molecule has 1 unspecified atom stereocenters. The Hall–Kier alpha value is -1.73. The van der Waals surface area contributed by atoms with Gasteiger partial charge in [-0.3, -0.25) is 0 Å². The van der Waals surface area contributed by atoms with Crippen LogP contribution in [-0.4, -0.2) is 40.8 Å². The smallest absolute Gasteiger partial charge is 0.346 e. The number of carboxylic acid groups (broad SMARTS) is 1. The highest BCUT2D eigenvalue weighted by Crippen LogP contribution is 2.33. The zero-order valence-electron chi connectivity index (χ0n) is 11.8. The van der Waals surface area contributed by atoms with Gasteiger partial charge in [-0.05, 0) is 31.2 Å². The second kappa shape index (κ2) is 5.95. The molecule has 3 heterocycles. The molecule has 3 rings (SSSR count). The molecule has 0 bridgehead atoms. The Morgan fingerprint density at radius 1 is 1.57 bits per heavy atom. The average Bonchev–Trinajstić information content (AvgIpc) is 2.84. The van der Waals surface area contributed by atoms with Crippen LogP contribution in [0.1, 0.15) is 28.1 Å². The molecule has 2 aromatic heterocycles. The molecule has 1 atom stereocenters. The number of hydrogen-bond donors (Lipinski definition) is 2. The number of aromatic carboxylic acids is 1. The van der Waals surface area contributed by atoms with Crippen molar-refractivity contribution in [3.63, 3.8) is 0 Å². The van der Waals surface area contributed by atoms with Crippen molar-refractivity contribution in [1.29, 1.82) is 0 Å². The summed E-state index contributed by atoms with van der Waals surface area (Å²) < 4.78 is 5.47. The van der Waals surface area contributed by atoms with Gasteiger partial charge in [0.15, 0.2) is 0 Å². The number of ether oxygens (including phenoxy) is 1. The highest BCUT2D eigenvalue weighted by molar-refractivity contribution is 7.20. The number of carbonyl (C=O) groups is 1. The molecule has 6 nitrogen and oxygen atoms in total. The summed E-state index contributed by atoms with van der Waals surface area (Å²) in [5.41, 5.74) is 0.727. The van der Waals surface area contributed by atoms with E-state index >= 15 is 0 Å². The van der Waals surface area contributed by atoms with Crippen molar-refractivity contribution in [2.45, 2.75) is 19.8 Å². The van der Waals surface area contributed by atoms with Crippen LogP contribution < -0.4 is 5.32 Å². The van der Waals surface area contributed by atoms with E-state index in [1.165, 1.54) is 17.7 Å². The molecule has 1 aliphatic rings. The van der Waals surface area contributed by atoms with Gasteiger partial charge >= 0.3 is 5.97 Å². The molecule has 1 aliphatic heterocycles. The van der Waals surface area contributed by atoms with E-state index in [2.05, 4.69) is 15.3 Å². The van der Waals surface area contributed by atoms with Gasteiger partial charge in [0.05, 0.1) is 12.0 Å². The van der Waals surface area contributed by atoms with Crippen molar-refractivity contribution in [3.8, 4) is 0 Å². The summed E-state index contributed by atoms with van der Waals surface area (Å²) in [6.45, 7) is 4.20. The van der Waals surface area contributed by atoms with Crippen molar-refractivity contribution in [3.05, 3.63) is 16.8 Å². The van der Waals surface area contributed by atoms with Crippen molar-refractivity contribution in [2.24, 2.45) is 5.92 Å². The van der Waals surface area contributed by atoms with E-state index in [0.29, 0.717) is 21.4 Å². The first-order chi connectivity index (χ1) is 10.2. The molecule has 2 N–H and O–H groups in total. The number of hydrogen-bond acceptors (Lipinski definition) is 6. The Kier molecular flexibility index (Phi) is 4.03. The first-order valence-corrected chi connectivity index (χ1v) is 7.77. The van der Waals surface area contributed by atoms with Crippen LogP contribution in [0.2, 0.25) is 0 Å². The van der Waals surface area contributed by atoms with Gasteiger partial charge in [-0.2, -0.15) is 0 Å². The summed E-state index contributed by atoms with van der Waals surface area (Å²) in [5.74, 6) is 0.274. The monoisotopic (exact) mass is 307 g/mol. The van der Waals surface area contributed by atoms with Gasteiger partial charge in [0, 0.05) is 13.2 Å². The summed E-state index contributed by atoms with van der Waals surface area (Å²) in [7, 11) is 0. The van der Waals surface area contributed by atoms with Crippen LogP contribution in [0.15, 0.2) is 6.33 Å². The molecule has 2 aromatic rings. The predicted molar refractivity (Wildman–Crippen MR) is 81.1 cm³/mol. The molecule has 0 amide bonds. The molecule has 1 fully saturated rings. The van der Waals surface area contributed by atoms with Gasteiger partial charge in [0.2, 0.25) is 0 Å². The van der Waals surface area contributed by atoms with E-state index < -0.39 is 5.97 Å². The molecule has 0 radical (unpaired) electrons. The van der Waals surface area contributed by atoms with Gasteiger partial charge in [-0.25, -0.2) is 14.8 Å². The second-order valence-corrected chi connectivity index (χ2v) is 6.23. The minimum atomic E-state index is -0.915. The molecule has 1 saturated heterocycles. The number of carboxylic acids is 1. The fraction of sp³-hybridized carbons (Fsp3) is 0.500. The van der Waals surface area contributed by atoms with E-state index in [1.54, 1.807) is 6.92 Å². The van der Waals surface area contributed by atoms with E-state index in [1.807, 2.05) is 0 Å². The zero-order chi connectivity index (χ0) is 14.8. The van der Waals surface area contributed by atoms with Gasteiger partial charge in [-0.15, -0.1) is 11.3 Å². The minimum absolute atomic E-state index is 0.328. The van der Waals surface area contributed by atoms with Gasteiger partial charge in [-0.1, -0.05) is 0 Å². The molecule has 7 heteroatoms. The van der Waals surface area contributed by atoms with E-state index in [0.717, 1.165) is 43.5 Å². The molecule has 0 saturated carbocycles. The SMILES string of the molecule is Cc1c(C(=O)O)sc2ncnc(NCC3CCCOC3)c12. The number of nitrogens with one attached hydrogen (secondary N) is 1. The van der Waals surface area contributed by atoms with E-state index in [4.69, 9.17) is 4.74 Å². The summed E-state index contributed by atoms with van der Waals surface area (Å²) >= 11 is 1.19. The van der Waals surface area contributed by atoms with Gasteiger partial charge < -0.3 is 15.2 Å². The Labute approximate surface area is 126 Å². The fourth-order valence-corrected chi connectivity index (χ4v) is 3.61. The van der Waals surface area contributed by atoms with Crippen molar-refractivity contribution in [2.75, 3.05) is 25.1 Å². The van der Waals surface area contributed by atoms with Crippen molar-refractivity contribution in [1.82, 2.24) is 9.97 Å². The predicted octanol–water partition coefficient (Wildman–Crippen LogP) is 2.54. The Bertz CT molecular complexity index is 665. The minimum Gasteiger partial charge on any atom is -0.477 e. The molecule has 0 spiro atoms. The first-order valence-electron chi connectivity index (χ1n) is 6.96. The zero-order valence-corrected chi connectivity index (χ0v) is 12.6. The lowest BCUT2D eigenvalue weighted by Gasteiger charge is -2.22. The quantitative estimate of drug-likeness (QED) is 0.903. The third-order valence-corrected chi connectivity index (χ3v) is 4.92. The summed E-state index contributed by atoms with van der Waals surface area (Å²) in [4.78, 5) is 20.7. The Morgan fingerprint density at radius 3 is 3.14 bits per heavy atom. The third kappa shape index (κ3) is 2.84. The maximum Gasteiger partial charge on any atom is 0.346 e. The number of anilines is 1. The first kappa shape index (κ1) is 14.2. The maximum absolute atomic E-state index is 11.2. The third-order valence-electron chi connectivity index (χ3n) is 3.73. The number of rotatable bonds is 4. The fourth-order valence-electron chi connectivity index (χ4n) is 2.62. The lowest BCUT2D eigenvalue weighted by atomic mass is 10.0. The highest BCUT2D eigenvalue weighted by Gasteiger charge is 2.19. The number of aromatic nitrogens is 2. The maximum atomic E-state index is 11.2. The molecule has 0 aliphatic carbocycles. The van der Waals surface area contributed by atoms with Crippen LogP contribution in [-0.2, 0) is 4.74 Å². The summed E-state index contributed by atoms with van der Waals surface area (Å²) in [6.07, 6.45) is 3.71. The topological polar surface area (TPSA) is 84.3 Å². The molecule has 112 valence electrons. The Morgan fingerprint density at radius 2 is 2.43 bits per heavy atom. The number of aryl methyl sites for hydroxylation is 1. The van der Waals surface area contributed by atoms with Gasteiger partial charge in [0.25, 0.3) is 0 Å². The lowest BCUT2D eigenvalue weighted by Crippen LogP contribution is -2.24.